The third kappa shape index (κ3) is 7.08. The van der Waals surface area contributed by atoms with E-state index in [0.717, 1.165) is 6.54 Å². The summed E-state index contributed by atoms with van der Waals surface area (Å²) in [5.74, 6) is 0. The molecule has 0 unspecified atom stereocenters. The summed E-state index contributed by atoms with van der Waals surface area (Å²) in [5.41, 5.74) is 0. The first kappa shape index (κ1) is 15.0. The van der Waals surface area contributed by atoms with E-state index in [9.17, 15) is 0 Å². The first-order chi connectivity index (χ1) is 8.33. The molecule has 1 aliphatic rings. The molecule has 17 heavy (non-hydrogen) atoms. The maximum atomic E-state index is 4.06. The minimum Gasteiger partial charge on any atom is -0.314 e. The molecular formula is C16H33N+. The van der Waals surface area contributed by atoms with Crippen molar-refractivity contribution in [1.29, 1.82) is 0 Å². The van der Waals surface area contributed by atoms with Crippen molar-refractivity contribution in [2.45, 2.75) is 71.1 Å². The van der Waals surface area contributed by atoms with Gasteiger partial charge in [-0.3, -0.25) is 0 Å². The second-order valence-corrected chi connectivity index (χ2v) is 5.92. The average Bonchev–Trinajstić information content (AvgIpc) is 3.12. The van der Waals surface area contributed by atoms with Crippen LogP contribution in [0.1, 0.15) is 71.1 Å². The summed E-state index contributed by atoms with van der Waals surface area (Å²) in [6, 6.07) is 0. The van der Waals surface area contributed by atoms with Crippen molar-refractivity contribution in [2.75, 3.05) is 26.2 Å². The van der Waals surface area contributed by atoms with Crippen LogP contribution in [-0.4, -0.2) is 30.7 Å². The van der Waals surface area contributed by atoms with Crippen molar-refractivity contribution in [3.8, 4) is 0 Å². The third-order valence-corrected chi connectivity index (χ3v) is 4.32. The Labute approximate surface area is 109 Å². The Balaban J connectivity index is 1.73. The zero-order chi connectivity index (χ0) is 12.4. The fourth-order valence-electron chi connectivity index (χ4n) is 2.64. The van der Waals surface area contributed by atoms with Crippen LogP contribution in [0.5, 0.6) is 0 Å². The summed E-state index contributed by atoms with van der Waals surface area (Å²) < 4.78 is 1.33. The Morgan fingerprint density at radius 1 is 0.765 bits per heavy atom. The van der Waals surface area contributed by atoms with Crippen LogP contribution in [0.2, 0.25) is 0 Å². The predicted octanol–water partition coefficient (Wildman–Crippen LogP) is 4.57. The zero-order valence-corrected chi connectivity index (χ0v) is 12.1. The molecule has 0 N–H and O–H groups in total. The summed E-state index contributed by atoms with van der Waals surface area (Å²) in [7, 11) is 0. The molecule has 0 aliphatic carbocycles. The standard InChI is InChI=1S/C16H33N/c1-3-5-6-7-8-9-10-11-12-13-14-17(4-2)15-16-17/h2-16H2,1H3/q+1. The fraction of sp³-hybridized carbons (Fsp3) is 0.938. The molecule has 1 fully saturated rings. The molecule has 1 aliphatic heterocycles. The molecule has 0 bridgehead atoms. The van der Waals surface area contributed by atoms with E-state index in [2.05, 4.69) is 13.8 Å². The SMILES string of the molecule is [CH2]C[N+]1(CCCCCCCCCCCC)CC1. The molecule has 0 aromatic rings. The van der Waals surface area contributed by atoms with Crippen LogP contribution in [0.3, 0.4) is 0 Å². The molecule has 1 rings (SSSR count). The highest BCUT2D eigenvalue weighted by molar-refractivity contribution is 4.58. The van der Waals surface area contributed by atoms with Gasteiger partial charge in [-0.1, -0.05) is 58.3 Å². The maximum Gasteiger partial charge on any atom is 0.129 e. The van der Waals surface area contributed by atoms with E-state index in [-0.39, 0.29) is 0 Å². The smallest absolute Gasteiger partial charge is 0.129 e. The van der Waals surface area contributed by atoms with Gasteiger partial charge in [0.05, 0.1) is 13.1 Å². The minimum atomic E-state index is 1.12. The summed E-state index contributed by atoms with van der Waals surface area (Å²) >= 11 is 0. The fourth-order valence-corrected chi connectivity index (χ4v) is 2.64. The number of hydrogen-bond acceptors (Lipinski definition) is 0. The van der Waals surface area contributed by atoms with E-state index >= 15 is 0 Å². The Morgan fingerprint density at radius 3 is 1.65 bits per heavy atom. The molecule has 1 radical (unpaired) electrons. The average molecular weight is 239 g/mol. The van der Waals surface area contributed by atoms with E-state index < -0.39 is 0 Å². The molecular weight excluding hydrogens is 206 g/mol. The van der Waals surface area contributed by atoms with Gasteiger partial charge in [-0.15, -0.1) is 0 Å². The molecule has 0 amide bonds. The first-order valence-electron chi connectivity index (χ1n) is 7.97. The van der Waals surface area contributed by atoms with E-state index in [0.29, 0.717) is 0 Å². The lowest BCUT2D eigenvalue weighted by Gasteiger charge is -2.15. The second-order valence-electron chi connectivity index (χ2n) is 5.92. The number of hydrogen-bond donors (Lipinski definition) is 0. The Morgan fingerprint density at radius 2 is 1.24 bits per heavy atom. The molecule has 0 spiro atoms. The summed E-state index contributed by atoms with van der Waals surface area (Å²) in [5, 5.41) is 0. The van der Waals surface area contributed by atoms with Gasteiger partial charge in [0.2, 0.25) is 0 Å². The lowest BCUT2D eigenvalue weighted by atomic mass is 10.1. The van der Waals surface area contributed by atoms with Crippen molar-refractivity contribution in [1.82, 2.24) is 0 Å². The Hall–Kier alpha value is -0.0400. The zero-order valence-electron chi connectivity index (χ0n) is 12.1. The molecule has 0 aromatic carbocycles. The monoisotopic (exact) mass is 239 g/mol. The largest absolute Gasteiger partial charge is 0.314 e. The van der Waals surface area contributed by atoms with E-state index in [1.54, 1.807) is 0 Å². The highest BCUT2D eigenvalue weighted by Crippen LogP contribution is 2.21. The van der Waals surface area contributed by atoms with Gasteiger partial charge in [-0.25, -0.2) is 0 Å². The van der Waals surface area contributed by atoms with Crippen molar-refractivity contribution < 1.29 is 4.48 Å². The van der Waals surface area contributed by atoms with E-state index in [1.807, 2.05) is 0 Å². The van der Waals surface area contributed by atoms with Gasteiger partial charge in [0.15, 0.2) is 0 Å². The summed E-state index contributed by atoms with van der Waals surface area (Å²) in [4.78, 5) is 0. The minimum absolute atomic E-state index is 1.12. The van der Waals surface area contributed by atoms with Gasteiger partial charge >= 0.3 is 0 Å². The number of quaternary nitrogens is 1. The number of rotatable bonds is 12. The van der Waals surface area contributed by atoms with Gasteiger partial charge in [0.25, 0.3) is 0 Å². The van der Waals surface area contributed by atoms with Gasteiger partial charge in [-0.2, -0.15) is 0 Å². The van der Waals surface area contributed by atoms with Gasteiger partial charge in [0.1, 0.15) is 13.1 Å². The molecule has 1 saturated heterocycles. The molecule has 0 saturated carbocycles. The summed E-state index contributed by atoms with van der Waals surface area (Å²) in [6.07, 6.45) is 14.5. The topological polar surface area (TPSA) is 0 Å². The van der Waals surface area contributed by atoms with Crippen molar-refractivity contribution in [3.05, 3.63) is 6.92 Å². The molecule has 1 heteroatoms. The van der Waals surface area contributed by atoms with Crippen molar-refractivity contribution >= 4 is 0 Å². The Kier molecular flexibility index (Phi) is 7.92. The second kappa shape index (κ2) is 8.97. The van der Waals surface area contributed by atoms with E-state index in [4.69, 9.17) is 0 Å². The van der Waals surface area contributed by atoms with Crippen molar-refractivity contribution in [3.63, 3.8) is 0 Å². The predicted molar refractivity (Wildman–Crippen MR) is 76.9 cm³/mol. The third-order valence-electron chi connectivity index (χ3n) is 4.32. The van der Waals surface area contributed by atoms with Crippen LogP contribution < -0.4 is 0 Å². The van der Waals surface area contributed by atoms with Crippen LogP contribution in [0.15, 0.2) is 0 Å². The normalized spacial score (nSPS) is 17.3. The van der Waals surface area contributed by atoms with Gasteiger partial charge < -0.3 is 4.48 Å². The molecule has 101 valence electrons. The first-order valence-corrected chi connectivity index (χ1v) is 7.97. The molecule has 1 heterocycles. The van der Waals surface area contributed by atoms with Crippen LogP contribution in [-0.2, 0) is 0 Å². The maximum absolute atomic E-state index is 4.06. The van der Waals surface area contributed by atoms with Crippen molar-refractivity contribution in [2.24, 2.45) is 0 Å². The van der Waals surface area contributed by atoms with Crippen LogP contribution >= 0.6 is 0 Å². The van der Waals surface area contributed by atoms with Gasteiger partial charge in [-0.05, 0) is 12.8 Å². The van der Waals surface area contributed by atoms with Crippen LogP contribution in [0.4, 0.5) is 0 Å². The lowest BCUT2D eigenvalue weighted by molar-refractivity contribution is -0.793. The Bertz CT molecular complexity index is 172. The van der Waals surface area contributed by atoms with E-state index in [1.165, 1.54) is 88.3 Å². The highest BCUT2D eigenvalue weighted by Gasteiger charge is 2.38. The quantitative estimate of drug-likeness (QED) is 0.266. The number of unbranched alkanes of at least 4 members (excludes halogenated alkanes) is 9. The molecule has 0 atom stereocenters. The highest BCUT2D eigenvalue weighted by atomic mass is 15.5. The molecule has 1 nitrogen and oxygen atoms in total. The van der Waals surface area contributed by atoms with Gasteiger partial charge in [0, 0.05) is 6.92 Å². The van der Waals surface area contributed by atoms with Crippen LogP contribution in [0.25, 0.3) is 0 Å². The summed E-state index contributed by atoms with van der Waals surface area (Å²) in [6.45, 7) is 11.7. The number of nitrogens with zero attached hydrogens (tertiary/aromatic N) is 1. The van der Waals surface area contributed by atoms with Crippen LogP contribution in [0, 0.1) is 6.92 Å². The molecule has 0 aromatic heterocycles. The lowest BCUT2D eigenvalue weighted by Crippen LogP contribution is -2.26.